The number of hydrogen-bond acceptors (Lipinski definition) is 0. The lowest BCUT2D eigenvalue weighted by Crippen LogP contribution is -2.22. The molecule has 0 bridgehead atoms. The molecule has 0 radical (unpaired) electrons. The van der Waals surface area contributed by atoms with Crippen molar-refractivity contribution in [1.82, 2.24) is 0 Å². The fourth-order valence-corrected chi connectivity index (χ4v) is 2.30. The van der Waals surface area contributed by atoms with E-state index in [1.807, 2.05) is 0 Å². The van der Waals surface area contributed by atoms with E-state index in [9.17, 15) is 0 Å². The average Bonchev–Trinajstić information content (AvgIpc) is 1.85. The molecule has 11 heavy (non-hydrogen) atoms. The van der Waals surface area contributed by atoms with Crippen molar-refractivity contribution >= 4 is 14.0 Å². The van der Waals surface area contributed by atoms with E-state index >= 15 is 0 Å². The monoisotopic (exact) mass is 163 g/mol. The van der Waals surface area contributed by atoms with Gasteiger partial charge in [0, 0.05) is 0 Å². The number of rotatable bonds is 1. The highest BCUT2D eigenvalue weighted by molar-refractivity contribution is 6.70. The largest absolute Gasteiger partial charge is 0.292 e. The molecule has 0 nitrogen and oxygen atoms in total. The quantitative estimate of drug-likeness (QED) is 0.557. The molecule has 0 spiro atoms. The van der Waals surface area contributed by atoms with Gasteiger partial charge in [-0.1, -0.05) is 29.3 Å². The van der Waals surface area contributed by atoms with Crippen LogP contribution in [0, 0.1) is 13.8 Å². The van der Waals surface area contributed by atoms with Crippen molar-refractivity contribution in [2.45, 2.75) is 26.9 Å². The molecule has 0 aromatic heterocycles. The van der Waals surface area contributed by atoms with Crippen molar-refractivity contribution in [3.05, 3.63) is 29.3 Å². The van der Waals surface area contributed by atoms with E-state index in [-0.39, 0.29) is 8.80 Å². The molecule has 0 saturated carbocycles. The molecule has 0 N–H and O–H groups in total. The molecule has 0 aliphatic heterocycles. The van der Waals surface area contributed by atoms with E-state index in [0.717, 1.165) is 0 Å². The fourth-order valence-electron chi connectivity index (χ4n) is 1.26. The van der Waals surface area contributed by atoms with Crippen LogP contribution in [0.2, 0.25) is 13.1 Å². The normalized spacial score (nSPS) is 9.82. The van der Waals surface area contributed by atoms with Crippen LogP contribution in [0.1, 0.15) is 11.1 Å². The van der Waals surface area contributed by atoms with E-state index in [1.54, 1.807) is 5.19 Å². The Hall–Kier alpha value is -0.563. The van der Waals surface area contributed by atoms with Crippen LogP contribution in [0.4, 0.5) is 0 Å². The molecule has 0 saturated heterocycles. The SMILES string of the molecule is Cc1cc(C)cc([Si-](C)C)c1. The lowest BCUT2D eigenvalue weighted by atomic mass is 10.2. The Bertz CT molecular complexity index is 231. The van der Waals surface area contributed by atoms with Crippen molar-refractivity contribution in [1.29, 1.82) is 0 Å². The summed E-state index contributed by atoms with van der Waals surface area (Å²) in [6.07, 6.45) is 0. The molecular weight excluding hydrogens is 148 g/mol. The Morgan fingerprint density at radius 2 is 1.36 bits per heavy atom. The molecule has 0 fully saturated rings. The summed E-state index contributed by atoms with van der Waals surface area (Å²) in [7, 11) is -0.256. The molecule has 60 valence electrons. The zero-order valence-electron chi connectivity index (χ0n) is 7.73. The Balaban J connectivity index is 3.08. The van der Waals surface area contributed by atoms with Crippen LogP contribution in [-0.2, 0) is 0 Å². The van der Waals surface area contributed by atoms with Gasteiger partial charge in [0.05, 0.1) is 0 Å². The minimum atomic E-state index is -0.256. The number of hydrogen-bond donors (Lipinski definition) is 0. The van der Waals surface area contributed by atoms with Gasteiger partial charge in [0.15, 0.2) is 0 Å². The summed E-state index contributed by atoms with van der Waals surface area (Å²) in [4.78, 5) is 0. The summed E-state index contributed by atoms with van der Waals surface area (Å²) >= 11 is 0. The molecular formula is C10H15Si-. The van der Waals surface area contributed by atoms with Crippen molar-refractivity contribution in [2.75, 3.05) is 0 Å². The second kappa shape index (κ2) is 3.22. The third kappa shape index (κ3) is 2.19. The summed E-state index contributed by atoms with van der Waals surface area (Å²) in [5, 5.41) is 1.55. The molecule has 0 heterocycles. The van der Waals surface area contributed by atoms with Gasteiger partial charge in [-0.3, -0.25) is 8.80 Å². The topological polar surface area (TPSA) is 0 Å². The predicted octanol–water partition coefficient (Wildman–Crippen LogP) is 2.26. The van der Waals surface area contributed by atoms with Crippen molar-refractivity contribution < 1.29 is 0 Å². The van der Waals surface area contributed by atoms with Crippen LogP contribution in [0.5, 0.6) is 0 Å². The first-order valence-electron chi connectivity index (χ1n) is 3.98. The second-order valence-electron chi connectivity index (χ2n) is 3.38. The lowest BCUT2D eigenvalue weighted by Gasteiger charge is -2.20. The van der Waals surface area contributed by atoms with Crippen LogP contribution < -0.4 is 5.19 Å². The third-order valence-corrected chi connectivity index (χ3v) is 3.24. The molecule has 1 aromatic rings. The standard InChI is InChI=1S/C10H15Si/c1-8-5-9(2)7-10(6-8)11(3)4/h5-7H,1-4H3/q-1. The minimum absolute atomic E-state index is 0.256. The summed E-state index contributed by atoms with van der Waals surface area (Å²) < 4.78 is 0. The molecule has 1 heteroatoms. The van der Waals surface area contributed by atoms with Crippen LogP contribution in [0.25, 0.3) is 0 Å². The van der Waals surface area contributed by atoms with E-state index in [1.165, 1.54) is 11.1 Å². The summed E-state index contributed by atoms with van der Waals surface area (Å²) in [6.45, 7) is 9.00. The first kappa shape index (κ1) is 8.53. The average molecular weight is 163 g/mol. The Morgan fingerprint density at radius 1 is 0.909 bits per heavy atom. The molecule has 0 aliphatic carbocycles. The molecule has 1 rings (SSSR count). The lowest BCUT2D eigenvalue weighted by molar-refractivity contribution is 1.40. The highest BCUT2D eigenvalue weighted by Crippen LogP contribution is 2.01. The maximum absolute atomic E-state index is 2.33. The van der Waals surface area contributed by atoms with Gasteiger partial charge in [-0.15, -0.1) is 0 Å². The van der Waals surface area contributed by atoms with E-state index < -0.39 is 0 Å². The van der Waals surface area contributed by atoms with Crippen molar-refractivity contribution in [3.63, 3.8) is 0 Å². The number of aryl methyl sites for hydroxylation is 2. The Labute approximate surface area is 70.9 Å². The zero-order chi connectivity index (χ0) is 8.43. The van der Waals surface area contributed by atoms with E-state index in [0.29, 0.717) is 0 Å². The predicted molar refractivity (Wildman–Crippen MR) is 53.0 cm³/mol. The van der Waals surface area contributed by atoms with Crippen molar-refractivity contribution in [3.8, 4) is 0 Å². The first-order valence-corrected chi connectivity index (χ1v) is 6.48. The van der Waals surface area contributed by atoms with Crippen LogP contribution in [-0.4, -0.2) is 8.80 Å². The highest BCUT2D eigenvalue weighted by Gasteiger charge is 1.89. The van der Waals surface area contributed by atoms with Crippen LogP contribution >= 0.6 is 0 Å². The van der Waals surface area contributed by atoms with Gasteiger partial charge in [-0.25, -0.2) is 0 Å². The van der Waals surface area contributed by atoms with Crippen molar-refractivity contribution in [2.24, 2.45) is 0 Å². The third-order valence-electron chi connectivity index (χ3n) is 1.80. The van der Waals surface area contributed by atoms with Gasteiger partial charge in [0.2, 0.25) is 0 Å². The van der Waals surface area contributed by atoms with Gasteiger partial charge in [0.25, 0.3) is 0 Å². The highest BCUT2D eigenvalue weighted by atomic mass is 28.3. The van der Waals surface area contributed by atoms with E-state index in [2.05, 4.69) is 45.1 Å². The maximum Gasteiger partial charge on any atom is -0.0399 e. The second-order valence-corrected chi connectivity index (χ2v) is 5.95. The Kier molecular flexibility index (Phi) is 2.50. The van der Waals surface area contributed by atoms with Gasteiger partial charge < -0.3 is 0 Å². The fraction of sp³-hybridized carbons (Fsp3) is 0.400. The van der Waals surface area contributed by atoms with Gasteiger partial charge >= 0.3 is 0 Å². The minimum Gasteiger partial charge on any atom is -0.292 e. The summed E-state index contributed by atoms with van der Waals surface area (Å²) in [6, 6.07) is 6.84. The molecule has 1 aromatic carbocycles. The Morgan fingerprint density at radius 3 is 1.73 bits per heavy atom. The number of benzene rings is 1. The van der Waals surface area contributed by atoms with E-state index in [4.69, 9.17) is 0 Å². The van der Waals surface area contributed by atoms with Gasteiger partial charge in [-0.2, -0.15) is 18.3 Å². The van der Waals surface area contributed by atoms with Gasteiger partial charge in [-0.05, 0) is 13.8 Å². The molecule has 0 aliphatic rings. The molecule has 0 amide bonds. The maximum atomic E-state index is 2.33. The molecule has 0 atom stereocenters. The zero-order valence-corrected chi connectivity index (χ0v) is 8.73. The smallest absolute Gasteiger partial charge is 0.0399 e. The van der Waals surface area contributed by atoms with Crippen LogP contribution in [0.3, 0.4) is 0 Å². The summed E-state index contributed by atoms with van der Waals surface area (Å²) in [5.41, 5.74) is 2.79. The molecule has 0 unspecified atom stereocenters. The van der Waals surface area contributed by atoms with Crippen LogP contribution in [0.15, 0.2) is 18.2 Å². The first-order chi connectivity index (χ1) is 5.09. The van der Waals surface area contributed by atoms with Gasteiger partial charge in [0.1, 0.15) is 0 Å². The summed E-state index contributed by atoms with van der Waals surface area (Å²) in [5.74, 6) is 0.